The van der Waals surface area contributed by atoms with Crippen molar-refractivity contribution in [1.29, 1.82) is 0 Å². The van der Waals surface area contributed by atoms with Crippen LogP contribution in [0.15, 0.2) is 42.5 Å². The first-order valence-corrected chi connectivity index (χ1v) is 10.0. The molecule has 8 nitrogen and oxygen atoms in total. The largest absolute Gasteiger partial charge is 0.455 e. The van der Waals surface area contributed by atoms with Crippen LogP contribution in [0.2, 0.25) is 5.02 Å². The number of carbonyl (C=O) groups is 4. The smallest absolute Gasteiger partial charge is 0.311 e. The van der Waals surface area contributed by atoms with Crippen LogP contribution in [-0.4, -0.2) is 41.9 Å². The van der Waals surface area contributed by atoms with Crippen LogP contribution < -0.4 is 10.7 Å². The number of aryl methyl sites for hydroxylation is 2. The summed E-state index contributed by atoms with van der Waals surface area (Å²) in [5, 5.41) is 4.19. The van der Waals surface area contributed by atoms with Crippen LogP contribution in [0.5, 0.6) is 0 Å². The summed E-state index contributed by atoms with van der Waals surface area (Å²) in [6.07, 6.45) is -0.109. The van der Waals surface area contributed by atoms with E-state index in [4.69, 9.17) is 16.3 Å². The summed E-state index contributed by atoms with van der Waals surface area (Å²) in [4.78, 5) is 48.7. The number of nitrogens with zero attached hydrogens (tertiary/aromatic N) is 1. The number of hydrazine groups is 1. The Kier molecular flexibility index (Phi) is 6.91. The maximum absolute atomic E-state index is 12.3. The van der Waals surface area contributed by atoms with Gasteiger partial charge in [0, 0.05) is 22.7 Å². The normalized spacial score (nSPS) is 15.5. The predicted octanol–water partition coefficient (Wildman–Crippen LogP) is 2.63. The fourth-order valence-electron chi connectivity index (χ4n) is 2.99. The van der Waals surface area contributed by atoms with E-state index in [0.717, 1.165) is 16.1 Å². The highest BCUT2D eigenvalue weighted by Crippen LogP contribution is 2.20. The lowest BCUT2D eigenvalue weighted by atomic mass is 10.1. The van der Waals surface area contributed by atoms with Crippen LogP contribution in [0, 0.1) is 19.8 Å². The second kappa shape index (κ2) is 9.61. The fraction of sp³-hybridized carbons (Fsp3) is 0.273. The monoisotopic (exact) mass is 443 g/mol. The molecule has 0 aromatic heterocycles. The van der Waals surface area contributed by atoms with Gasteiger partial charge in [-0.05, 0) is 43.7 Å². The molecule has 3 rings (SSSR count). The summed E-state index contributed by atoms with van der Waals surface area (Å²) in [6, 6.07) is 11.9. The molecule has 1 fully saturated rings. The Labute approximate surface area is 184 Å². The minimum absolute atomic E-state index is 0.0234. The third-order valence-electron chi connectivity index (χ3n) is 4.81. The Morgan fingerprint density at radius 2 is 1.84 bits per heavy atom. The highest BCUT2D eigenvalue weighted by molar-refractivity contribution is 6.31. The number of esters is 1. The Hall–Kier alpha value is -3.39. The molecule has 162 valence electrons. The van der Waals surface area contributed by atoms with Crippen molar-refractivity contribution in [3.63, 3.8) is 0 Å². The highest BCUT2D eigenvalue weighted by Gasteiger charge is 2.36. The number of nitrogens with one attached hydrogen (secondary N) is 2. The second-order valence-electron chi connectivity index (χ2n) is 7.33. The van der Waals surface area contributed by atoms with Crippen molar-refractivity contribution < 1.29 is 23.9 Å². The van der Waals surface area contributed by atoms with Gasteiger partial charge in [0.05, 0.1) is 12.5 Å². The number of ether oxygens (including phenoxy) is 1. The third kappa shape index (κ3) is 5.82. The fourth-order valence-corrected chi connectivity index (χ4v) is 3.17. The Morgan fingerprint density at radius 1 is 1.13 bits per heavy atom. The van der Waals surface area contributed by atoms with E-state index in [1.165, 1.54) is 0 Å². The minimum atomic E-state index is -0.771. The molecule has 3 amide bonds. The average Bonchev–Trinajstić information content (AvgIpc) is 3.10. The van der Waals surface area contributed by atoms with Crippen molar-refractivity contribution in [3.05, 3.63) is 64.2 Å². The maximum atomic E-state index is 12.3. The summed E-state index contributed by atoms with van der Waals surface area (Å²) in [5.41, 5.74) is 5.26. The maximum Gasteiger partial charge on any atom is 0.311 e. The molecule has 9 heteroatoms. The van der Waals surface area contributed by atoms with E-state index in [1.54, 1.807) is 42.5 Å². The van der Waals surface area contributed by atoms with Gasteiger partial charge in [-0.25, -0.2) is 0 Å². The molecule has 1 aliphatic heterocycles. The molecular weight excluding hydrogens is 422 g/mol. The summed E-state index contributed by atoms with van der Waals surface area (Å²) in [7, 11) is 0. The van der Waals surface area contributed by atoms with E-state index >= 15 is 0 Å². The number of benzene rings is 2. The predicted molar refractivity (Wildman–Crippen MR) is 114 cm³/mol. The SMILES string of the molecule is Cc1ccc(C(=O)NN2C[C@@H](C(=O)OCC(=O)Nc3ccc(C)c(Cl)c3)CC2=O)cc1. The standard InChI is InChI=1S/C22H22ClN3O5/c1-13-3-6-15(7-4-13)21(29)25-26-11-16(9-20(26)28)22(30)31-12-19(27)24-17-8-5-14(2)18(23)10-17/h3-8,10,16H,9,11-12H2,1-2H3,(H,24,27)(H,25,29)/t16-/m0/s1. The zero-order valence-electron chi connectivity index (χ0n) is 17.1. The van der Waals surface area contributed by atoms with E-state index in [-0.39, 0.29) is 13.0 Å². The van der Waals surface area contributed by atoms with Crippen molar-refractivity contribution >= 4 is 41.0 Å². The molecule has 0 radical (unpaired) electrons. The first-order chi connectivity index (χ1) is 14.7. The van der Waals surface area contributed by atoms with Gasteiger partial charge in [0.2, 0.25) is 5.91 Å². The van der Waals surface area contributed by atoms with Crippen molar-refractivity contribution in [2.75, 3.05) is 18.5 Å². The number of hydrogen-bond donors (Lipinski definition) is 2. The van der Waals surface area contributed by atoms with E-state index in [1.807, 2.05) is 13.8 Å². The molecule has 0 spiro atoms. The topological polar surface area (TPSA) is 105 Å². The molecule has 1 atom stereocenters. The van der Waals surface area contributed by atoms with Crippen LogP contribution in [0.3, 0.4) is 0 Å². The van der Waals surface area contributed by atoms with E-state index in [2.05, 4.69) is 10.7 Å². The number of carbonyl (C=O) groups excluding carboxylic acids is 4. The summed E-state index contributed by atoms with van der Waals surface area (Å²) < 4.78 is 5.04. The van der Waals surface area contributed by atoms with Crippen LogP contribution >= 0.6 is 11.6 Å². The Balaban J connectivity index is 1.48. The lowest BCUT2D eigenvalue weighted by molar-refractivity contribution is -0.151. The van der Waals surface area contributed by atoms with Crippen LogP contribution in [0.4, 0.5) is 5.69 Å². The molecule has 1 heterocycles. The van der Waals surface area contributed by atoms with Gasteiger partial charge in [0.15, 0.2) is 6.61 Å². The zero-order chi connectivity index (χ0) is 22.5. The average molecular weight is 444 g/mol. The summed E-state index contributed by atoms with van der Waals surface area (Å²) >= 11 is 6.02. The zero-order valence-corrected chi connectivity index (χ0v) is 17.9. The minimum Gasteiger partial charge on any atom is -0.455 e. The van der Waals surface area contributed by atoms with Crippen molar-refractivity contribution in [1.82, 2.24) is 10.4 Å². The molecule has 1 saturated heterocycles. The van der Waals surface area contributed by atoms with Gasteiger partial charge in [-0.1, -0.05) is 35.4 Å². The van der Waals surface area contributed by atoms with Gasteiger partial charge in [-0.3, -0.25) is 29.6 Å². The molecule has 0 unspecified atom stereocenters. The number of amides is 3. The van der Waals surface area contributed by atoms with Gasteiger partial charge in [0.25, 0.3) is 11.8 Å². The number of hydrogen-bond acceptors (Lipinski definition) is 5. The summed E-state index contributed by atoms with van der Waals surface area (Å²) in [5.74, 6) is -2.83. The first kappa shape index (κ1) is 22.3. The van der Waals surface area contributed by atoms with Gasteiger partial charge in [-0.2, -0.15) is 0 Å². The quantitative estimate of drug-likeness (QED) is 0.668. The molecule has 0 bridgehead atoms. The van der Waals surface area contributed by atoms with Crippen molar-refractivity contribution in [2.45, 2.75) is 20.3 Å². The molecule has 0 aliphatic carbocycles. The van der Waals surface area contributed by atoms with Crippen LogP contribution in [0.1, 0.15) is 27.9 Å². The molecule has 31 heavy (non-hydrogen) atoms. The van der Waals surface area contributed by atoms with Crippen molar-refractivity contribution in [3.8, 4) is 0 Å². The molecular formula is C22H22ClN3O5. The number of rotatable bonds is 6. The van der Waals surface area contributed by atoms with Crippen LogP contribution in [0.25, 0.3) is 0 Å². The van der Waals surface area contributed by atoms with Gasteiger partial charge in [-0.15, -0.1) is 0 Å². The molecule has 2 N–H and O–H groups in total. The van der Waals surface area contributed by atoms with E-state index in [9.17, 15) is 19.2 Å². The molecule has 2 aromatic rings. The second-order valence-corrected chi connectivity index (χ2v) is 7.74. The highest BCUT2D eigenvalue weighted by atomic mass is 35.5. The lowest BCUT2D eigenvalue weighted by Crippen LogP contribution is -2.43. The van der Waals surface area contributed by atoms with E-state index in [0.29, 0.717) is 16.3 Å². The Bertz CT molecular complexity index is 1020. The molecule has 0 saturated carbocycles. The first-order valence-electron chi connectivity index (χ1n) is 9.63. The summed E-state index contributed by atoms with van der Waals surface area (Å²) in [6.45, 7) is 3.22. The van der Waals surface area contributed by atoms with Gasteiger partial charge < -0.3 is 10.1 Å². The molecule has 2 aromatic carbocycles. The number of anilines is 1. The lowest BCUT2D eigenvalue weighted by Gasteiger charge is -2.17. The van der Waals surface area contributed by atoms with Crippen molar-refractivity contribution in [2.24, 2.45) is 5.92 Å². The van der Waals surface area contributed by atoms with Gasteiger partial charge >= 0.3 is 5.97 Å². The van der Waals surface area contributed by atoms with Crippen LogP contribution in [-0.2, 0) is 19.1 Å². The number of halogens is 1. The van der Waals surface area contributed by atoms with E-state index < -0.39 is 36.2 Å². The third-order valence-corrected chi connectivity index (χ3v) is 5.22. The van der Waals surface area contributed by atoms with Gasteiger partial charge in [0.1, 0.15) is 0 Å². The molecule has 1 aliphatic rings. The Morgan fingerprint density at radius 3 is 2.52 bits per heavy atom.